The first-order valence-electron chi connectivity index (χ1n) is 5.28. The maximum atomic E-state index is 13.6. The van der Waals surface area contributed by atoms with Crippen molar-refractivity contribution in [3.05, 3.63) is 29.3 Å². The molecule has 0 atom stereocenters. The SMILES string of the molecule is CCCN(CC)c1ccc(C#N)c(F)c1F. The maximum Gasteiger partial charge on any atom is 0.183 e. The van der Waals surface area contributed by atoms with E-state index >= 15 is 0 Å². The normalized spacial score (nSPS) is 9.94. The smallest absolute Gasteiger partial charge is 0.183 e. The van der Waals surface area contributed by atoms with Crippen molar-refractivity contribution < 1.29 is 8.78 Å². The highest BCUT2D eigenvalue weighted by atomic mass is 19.2. The van der Waals surface area contributed by atoms with Gasteiger partial charge >= 0.3 is 0 Å². The number of hydrogen-bond donors (Lipinski definition) is 0. The topological polar surface area (TPSA) is 27.0 Å². The standard InChI is InChI=1S/C12H14F2N2/c1-3-7-16(4-2)10-6-5-9(8-15)11(13)12(10)14/h5-6H,3-4,7H2,1-2H3. The molecule has 0 aromatic heterocycles. The predicted octanol–water partition coefficient (Wildman–Crippen LogP) is 3.07. The second-order valence-electron chi connectivity index (χ2n) is 3.45. The lowest BCUT2D eigenvalue weighted by Gasteiger charge is -2.23. The summed E-state index contributed by atoms with van der Waals surface area (Å²) in [5.41, 5.74) is -0.0327. The van der Waals surface area contributed by atoms with Gasteiger partial charge in [0.1, 0.15) is 6.07 Å². The molecule has 0 saturated carbocycles. The molecule has 2 nitrogen and oxygen atoms in total. The van der Waals surface area contributed by atoms with Crippen LogP contribution in [0.3, 0.4) is 0 Å². The van der Waals surface area contributed by atoms with Crippen LogP contribution in [0.2, 0.25) is 0 Å². The van der Waals surface area contributed by atoms with Gasteiger partial charge in [0.25, 0.3) is 0 Å². The monoisotopic (exact) mass is 224 g/mol. The van der Waals surface area contributed by atoms with Crippen molar-refractivity contribution in [3.63, 3.8) is 0 Å². The van der Waals surface area contributed by atoms with Gasteiger partial charge in [-0.2, -0.15) is 5.26 Å². The van der Waals surface area contributed by atoms with E-state index in [9.17, 15) is 8.78 Å². The quantitative estimate of drug-likeness (QED) is 0.785. The third kappa shape index (κ3) is 2.30. The number of nitrogens with zero attached hydrogens (tertiary/aromatic N) is 2. The molecule has 1 aromatic rings. The molecule has 0 saturated heterocycles. The number of hydrogen-bond acceptors (Lipinski definition) is 2. The van der Waals surface area contributed by atoms with Crippen LogP contribution in [0.1, 0.15) is 25.8 Å². The number of anilines is 1. The van der Waals surface area contributed by atoms with Crippen LogP contribution in [0, 0.1) is 23.0 Å². The van der Waals surface area contributed by atoms with Crippen LogP contribution in [-0.2, 0) is 0 Å². The molecule has 0 spiro atoms. The van der Waals surface area contributed by atoms with Crippen molar-refractivity contribution in [2.24, 2.45) is 0 Å². The summed E-state index contributed by atoms with van der Waals surface area (Å²) in [6.45, 7) is 5.13. The summed E-state index contributed by atoms with van der Waals surface area (Å²) in [6, 6.07) is 4.38. The van der Waals surface area contributed by atoms with Crippen molar-refractivity contribution in [2.45, 2.75) is 20.3 Å². The molecule has 0 radical (unpaired) electrons. The maximum absolute atomic E-state index is 13.6. The Morgan fingerprint density at radius 1 is 1.25 bits per heavy atom. The van der Waals surface area contributed by atoms with Gasteiger partial charge < -0.3 is 4.90 Å². The Kier molecular flexibility index (Phi) is 4.24. The first kappa shape index (κ1) is 12.4. The second kappa shape index (κ2) is 5.45. The van der Waals surface area contributed by atoms with E-state index in [1.165, 1.54) is 12.1 Å². The molecule has 0 aliphatic heterocycles. The summed E-state index contributed by atoms with van der Waals surface area (Å²) >= 11 is 0. The van der Waals surface area contributed by atoms with Crippen LogP contribution < -0.4 is 4.90 Å². The second-order valence-corrected chi connectivity index (χ2v) is 3.45. The van der Waals surface area contributed by atoms with E-state index in [0.717, 1.165) is 6.42 Å². The van der Waals surface area contributed by atoms with E-state index in [1.807, 2.05) is 13.8 Å². The van der Waals surface area contributed by atoms with E-state index in [1.54, 1.807) is 11.0 Å². The Labute approximate surface area is 94.1 Å². The zero-order chi connectivity index (χ0) is 12.1. The van der Waals surface area contributed by atoms with Gasteiger partial charge in [-0.05, 0) is 25.5 Å². The van der Waals surface area contributed by atoms with Gasteiger partial charge in [-0.15, -0.1) is 0 Å². The predicted molar refractivity (Wildman–Crippen MR) is 59.3 cm³/mol. The molecular formula is C12H14F2N2. The molecule has 0 fully saturated rings. The minimum absolute atomic E-state index is 0.223. The zero-order valence-corrected chi connectivity index (χ0v) is 9.43. The fourth-order valence-corrected chi connectivity index (χ4v) is 1.59. The Bertz CT molecular complexity index is 410. The molecule has 0 bridgehead atoms. The van der Waals surface area contributed by atoms with Crippen molar-refractivity contribution in [3.8, 4) is 6.07 Å². The van der Waals surface area contributed by atoms with Gasteiger partial charge in [0, 0.05) is 13.1 Å². The van der Waals surface area contributed by atoms with Crippen molar-refractivity contribution in [1.82, 2.24) is 0 Å². The summed E-state index contributed by atoms with van der Waals surface area (Å²) in [5, 5.41) is 8.56. The van der Waals surface area contributed by atoms with Crippen LogP contribution in [0.15, 0.2) is 12.1 Å². The van der Waals surface area contributed by atoms with Crippen LogP contribution in [0.4, 0.5) is 14.5 Å². The van der Waals surface area contributed by atoms with Crippen molar-refractivity contribution in [2.75, 3.05) is 18.0 Å². The van der Waals surface area contributed by atoms with E-state index in [0.29, 0.717) is 13.1 Å². The highest BCUT2D eigenvalue weighted by Crippen LogP contribution is 2.23. The molecule has 0 unspecified atom stereocenters. The molecule has 86 valence electrons. The lowest BCUT2D eigenvalue weighted by molar-refractivity contribution is 0.503. The number of benzene rings is 1. The molecule has 1 aromatic carbocycles. The number of nitriles is 1. The van der Waals surface area contributed by atoms with Gasteiger partial charge in [0.05, 0.1) is 11.3 Å². The Balaban J connectivity index is 3.16. The fourth-order valence-electron chi connectivity index (χ4n) is 1.59. The lowest BCUT2D eigenvalue weighted by Crippen LogP contribution is -2.24. The zero-order valence-electron chi connectivity index (χ0n) is 9.43. The van der Waals surface area contributed by atoms with Crippen LogP contribution in [-0.4, -0.2) is 13.1 Å². The van der Waals surface area contributed by atoms with Crippen LogP contribution in [0.25, 0.3) is 0 Å². The lowest BCUT2D eigenvalue weighted by atomic mass is 10.1. The summed E-state index contributed by atoms with van der Waals surface area (Å²) in [6.07, 6.45) is 0.856. The van der Waals surface area contributed by atoms with E-state index in [2.05, 4.69) is 0 Å². The highest BCUT2D eigenvalue weighted by Gasteiger charge is 2.16. The molecule has 16 heavy (non-hydrogen) atoms. The molecule has 0 amide bonds. The molecule has 0 aliphatic carbocycles. The summed E-state index contributed by atoms with van der Waals surface area (Å²) in [7, 11) is 0. The molecule has 0 N–H and O–H groups in total. The van der Waals surface area contributed by atoms with Gasteiger partial charge in [0.2, 0.25) is 0 Å². The summed E-state index contributed by atoms with van der Waals surface area (Å²) in [5.74, 6) is -2.00. The third-order valence-electron chi connectivity index (χ3n) is 2.40. The van der Waals surface area contributed by atoms with E-state index in [-0.39, 0.29) is 11.3 Å². The number of halogens is 2. The first-order valence-corrected chi connectivity index (χ1v) is 5.28. The summed E-state index contributed by atoms with van der Waals surface area (Å²) in [4.78, 5) is 1.75. The molecule has 0 aliphatic rings. The minimum Gasteiger partial charge on any atom is -0.369 e. The first-order chi connectivity index (χ1) is 7.65. The van der Waals surface area contributed by atoms with E-state index in [4.69, 9.17) is 5.26 Å². The van der Waals surface area contributed by atoms with Crippen LogP contribution >= 0.6 is 0 Å². The minimum atomic E-state index is -1.06. The van der Waals surface area contributed by atoms with Gasteiger partial charge in [-0.25, -0.2) is 8.78 Å². The average Bonchev–Trinajstić information content (AvgIpc) is 2.30. The van der Waals surface area contributed by atoms with Gasteiger partial charge in [-0.1, -0.05) is 6.92 Å². The van der Waals surface area contributed by atoms with E-state index < -0.39 is 11.6 Å². The van der Waals surface area contributed by atoms with Gasteiger partial charge in [0.15, 0.2) is 11.6 Å². The largest absolute Gasteiger partial charge is 0.369 e. The molecule has 4 heteroatoms. The van der Waals surface area contributed by atoms with Crippen molar-refractivity contribution in [1.29, 1.82) is 5.26 Å². The summed E-state index contributed by atoms with van der Waals surface area (Å²) < 4.78 is 27.0. The van der Waals surface area contributed by atoms with Crippen molar-refractivity contribution >= 4 is 5.69 Å². The number of rotatable bonds is 4. The van der Waals surface area contributed by atoms with Gasteiger partial charge in [-0.3, -0.25) is 0 Å². The Morgan fingerprint density at radius 3 is 2.44 bits per heavy atom. The molecular weight excluding hydrogens is 210 g/mol. The van der Waals surface area contributed by atoms with Crippen LogP contribution in [0.5, 0.6) is 0 Å². The molecule has 0 heterocycles. The molecule has 1 rings (SSSR count). The average molecular weight is 224 g/mol. The highest BCUT2D eigenvalue weighted by molar-refractivity contribution is 5.51. The fraction of sp³-hybridized carbons (Fsp3) is 0.417. The third-order valence-corrected chi connectivity index (χ3v) is 2.40. The Morgan fingerprint density at radius 2 is 1.94 bits per heavy atom. The Hall–Kier alpha value is -1.63.